The molecule has 0 heterocycles. The lowest BCUT2D eigenvalue weighted by molar-refractivity contribution is 1.01. The molecule has 0 aromatic carbocycles. The minimum atomic E-state index is -5.20. The second-order valence-electron chi connectivity index (χ2n) is 1.53. The van der Waals surface area contributed by atoms with Gasteiger partial charge in [-0.2, -0.15) is 0 Å². The van der Waals surface area contributed by atoms with Gasteiger partial charge in [-0.05, 0) is 0 Å². The van der Waals surface area contributed by atoms with Gasteiger partial charge in [0.05, 0.1) is 0 Å². The summed E-state index contributed by atoms with van der Waals surface area (Å²) in [5, 5.41) is 0. The van der Waals surface area contributed by atoms with E-state index >= 15 is 0 Å². The SMILES string of the molecule is [2H]C([2H])([2H])[C@@H](C)[Si](C([2H])([2H])[2H])(C([2H])([2H])[2H])C([2H])([2H])[2H]. The van der Waals surface area contributed by atoms with Gasteiger partial charge in [-0.3, -0.25) is 0 Å². The van der Waals surface area contributed by atoms with Gasteiger partial charge in [-0.25, -0.2) is 0 Å². The summed E-state index contributed by atoms with van der Waals surface area (Å²) in [6, 6.07) is 0. The molecule has 0 N–H and O–H groups in total. The third kappa shape index (κ3) is 2.86. The molecule has 44 valence electrons. The monoisotopic (exact) mass is 128 g/mol. The van der Waals surface area contributed by atoms with Crippen LogP contribution >= 0.6 is 0 Å². The average molecular weight is 128 g/mol. The van der Waals surface area contributed by atoms with E-state index in [1.807, 2.05) is 0 Å². The van der Waals surface area contributed by atoms with Gasteiger partial charge in [0, 0.05) is 24.5 Å². The summed E-state index contributed by atoms with van der Waals surface area (Å²) in [5.74, 6) is 0. The van der Waals surface area contributed by atoms with Crippen LogP contribution in [0.5, 0.6) is 0 Å². The highest BCUT2D eigenvalue weighted by atomic mass is 28.3. The van der Waals surface area contributed by atoms with Crippen molar-refractivity contribution in [1.29, 1.82) is 0 Å². The third-order valence-electron chi connectivity index (χ3n) is 0.650. The molecule has 0 aromatic heterocycles. The normalized spacial score (nSPS) is 49.3. The molecule has 0 spiro atoms. The number of hydrogen-bond acceptors (Lipinski definition) is 0. The fourth-order valence-electron chi connectivity index (χ4n) is 0. The van der Waals surface area contributed by atoms with Gasteiger partial charge in [0.15, 0.2) is 0 Å². The Bertz CT molecular complexity index is 279. The smallest absolute Gasteiger partial charge is 0.0468 e. The van der Waals surface area contributed by atoms with Crippen molar-refractivity contribution in [2.75, 3.05) is 0 Å². The maximum atomic E-state index is 7.38. The molecule has 0 aliphatic rings. The molecule has 0 amide bonds. The highest BCUT2D eigenvalue weighted by Crippen LogP contribution is 2.18. The summed E-state index contributed by atoms with van der Waals surface area (Å²) in [5.41, 5.74) is -1.91. The van der Waals surface area contributed by atoms with Crippen LogP contribution < -0.4 is 0 Å². The standard InChI is InChI=1S/C6H16Si/c1-6(2)7(3,4)5/h6H,1-5H3/i1D3,3D3,4D3,5D3/t6-/m0/s1. The van der Waals surface area contributed by atoms with Crippen LogP contribution in [0.1, 0.15) is 30.2 Å². The lowest BCUT2D eigenvalue weighted by atomic mass is 10.6. The van der Waals surface area contributed by atoms with E-state index in [0.29, 0.717) is 0 Å². The van der Waals surface area contributed by atoms with Crippen LogP contribution in [0.2, 0.25) is 25.0 Å². The van der Waals surface area contributed by atoms with E-state index in [-0.39, 0.29) is 0 Å². The van der Waals surface area contributed by atoms with Gasteiger partial charge in [-0.15, -0.1) is 0 Å². The highest BCUT2D eigenvalue weighted by Gasteiger charge is 2.16. The third-order valence-corrected chi connectivity index (χ3v) is 1.95. The second-order valence-corrected chi connectivity index (χ2v) is 4.01. The topological polar surface area (TPSA) is 0 Å². The van der Waals surface area contributed by atoms with E-state index in [1.165, 1.54) is 0 Å². The van der Waals surface area contributed by atoms with Crippen LogP contribution in [-0.4, -0.2) is 8.07 Å². The summed E-state index contributed by atoms with van der Waals surface area (Å²) in [7, 11) is -5.20. The predicted octanol–water partition coefficient (Wildman–Crippen LogP) is 2.73. The first-order chi connectivity index (χ1) is 7.90. The molecule has 0 saturated heterocycles. The molecule has 0 rings (SSSR count). The van der Waals surface area contributed by atoms with E-state index in [4.69, 9.17) is 16.4 Å². The molecular formula is C6H16Si. The summed E-state index contributed by atoms with van der Waals surface area (Å²) in [4.78, 5) is 0. The summed E-state index contributed by atoms with van der Waals surface area (Å²) in [6.45, 7) is -12.1. The van der Waals surface area contributed by atoms with Crippen molar-refractivity contribution in [2.24, 2.45) is 0 Å². The summed E-state index contributed by atoms with van der Waals surface area (Å²) < 4.78 is 88.2. The lowest BCUT2D eigenvalue weighted by Gasteiger charge is -2.19. The van der Waals surface area contributed by atoms with Crippen molar-refractivity contribution in [1.82, 2.24) is 0 Å². The molecular weight excluding hydrogens is 100 g/mol. The minimum absolute atomic E-state index is 0.893. The second kappa shape index (κ2) is 1.99. The maximum absolute atomic E-state index is 7.38. The molecule has 0 fully saturated rings. The molecule has 0 aromatic rings. The van der Waals surface area contributed by atoms with Crippen LogP contribution in [0, 0.1) is 0 Å². The largest absolute Gasteiger partial charge is 0.0694 e. The molecule has 0 nitrogen and oxygen atoms in total. The van der Waals surface area contributed by atoms with E-state index in [2.05, 4.69) is 0 Å². The Morgan fingerprint density at radius 2 is 2.00 bits per heavy atom. The molecule has 0 bridgehead atoms. The van der Waals surface area contributed by atoms with Crippen molar-refractivity contribution in [3.63, 3.8) is 0 Å². The lowest BCUT2D eigenvalue weighted by Crippen LogP contribution is -2.23. The number of rotatable bonds is 1. The molecule has 0 saturated carbocycles. The first-order valence-electron chi connectivity index (χ1n) is 7.90. The Morgan fingerprint density at radius 1 is 1.43 bits per heavy atom. The van der Waals surface area contributed by atoms with Crippen LogP contribution in [-0.2, 0) is 0 Å². The van der Waals surface area contributed by atoms with Gasteiger partial charge in [0.1, 0.15) is 0 Å². The predicted molar refractivity (Wildman–Crippen MR) is 38.4 cm³/mol. The summed E-state index contributed by atoms with van der Waals surface area (Å²) >= 11 is 0. The quantitative estimate of drug-likeness (QED) is 0.476. The molecule has 1 heteroatoms. The van der Waals surface area contributed by atoms with Gasteiger partial charge in [-0.1, -0.05) is 38.7 Å². The fourth-order valence-corrected chi connectivity index (χ4v) is 0. The maximum Gasteiger partial charge on any atom is 0.0468 e. The van der Waals surface area contributed by atoms with Crippen molar-refractivity contribution in [3.05, 3.63) is 0 Å². The Morgan fingerprint density at radius 3 is 2.14 bits per heavy atom. The van der Waals surface area contributed by atoms with E-state index in [9.17, 15) is 0 Å². The molecule has 0 aliphatic heterocycles. The van der Waals surface area contributed by atoms with Crippen molar-refractivity contribution >= 4 is 8.07 Å². The van der Waals surface area contributed by atoms with Gasteiger partial charge in [0.2, 0.25) is 0 Å². The zero-order valence-electron chi connectivity index (χ0n) is 16.1. The minimum Gasteiger partial charge on any atom is -0.0694 e. The van der Waals surface area contributed by atoms with Gasteiger partial charge >= 0.3 is 0 Å². The fraction of sp³-hybridized carbons (Fsp3) is 1.00. The first-order valence-corrected chi connectivity index (χ1v) is 3.98. The Hall–Kier alpha value is 0.217. The highest BCUT2D eigenvalue weighted by molar-refractivity contribution is 6.77. The van der Waals surface area contributed by atoms with Gasteiger partial charge in [0.25, 0.3) is 0 Å². The van der Waals surface area contributed by atoms with Crippen LogP contribution in [0.25, 0.3) is 0 Å². The molecule has 0 aliphatic carbocycles. The Labute approximate surface area is 64.8 Å². The Balaban J connectivity index is 6.45. The van der Waals surface area contributed by atoms with E-state index in [1.54, 1.807) is 0 Å². The van der Waals surface area contributed by atoms with Crippen LogP contribution in [0.4, 0.5) is 0 Å². The molecule has 0 unspecified atom stereocenters. The van der Waals surface area contributed by atoms with E-state index in [0.717, 1.165) is 6.92 Å². The molecule has 0 radical (unpaired) electrons. The Kier molecular flexibility index (Phi) is 0.239. The average Bonchev–Trinajstić information content (AvgIpc) is 1.92. The van der Waals surface area contributed by atoms with Crippen molar-refractivity contribution in [3.8, 4) is 0 Å². The van der Waals surface area contributed by atoms with Crippen LogP contribution in [0.3, 0.4) is 0 Å². The van der Waals surface area contributed by atoms with Crippen LogP contribution in [0.15, 0.2) is 0 Å². The van der Waals surface area contributed by atoms with E-state index < -0.39 is 39.9 Å². The molecule has 1 atom stereocenters. The van der Waals surface area contributed by atoms with Crippen molar-refractivity contribution in [2.45, 2.75) is 38.7 Å². The summed E-state index contributed by atoms with van der Waals surface area (Å²) in [6.07, 6.45) is 0. The zero-order valence-corrected chi connectivity index (χ0v) is 5.08. The first kappa shape index (κ1) is 0.841. The zero-order chi connectivity index (χ0) is 16.1. The molecule has 7 heavy (non-hydrogen) atoms. The number of hydrogen-bond donors (Lipinski definition) is 0. The van der Waals surface area contributed by atoms with Crippen molar-refractivity contribution < 1.29 is 16.4 Å². The van der Waals surface area contributed by atoms with Gasteiger partial charge < -0.3 is 0 Å².